The van der Waals surface area contributed by atoms with Crippen molar-refractivity contribution in [2.45, 2.75) is 63.8 Å². The molecule has 0 atom stereocenters. The summed E-state index contributed by atoms with van der Waals surface area (Å²) >= 11 is 0. The Morgan fingerprint density at radius 1 is 1.05 bits per heavy atom. The van der Waals surface area contributed by atoms with Crippen LogP contribution < -0.4 is 17.1 Å². The SMILES string of the molecule is CN(N)/C(=C(\N)c1cc(C2CCCCC2)c(=O)n(Cc2ncccc2C(F)(F)F)n1)C(F)(F)F.Cc1cccc(F)c1. The van der Waals surface area contributed by atoms with E-state index < -0.39 is 52.8 Å². The Bertz CT molecular complexity index is 1440. The lowest BCUT2D eigenvalue weighted by atomic mass is 9.84. The van der Waals surface area contributed by atoms with Crippen LogP contribution in [0.1, 0.15) is 66.1 Å². The summed E-state index contributed by atoms with van der Waals surface area (Å²) in [5.74, 6) is 4.90. The van der Waals surface area contributed by atoms with Crippen LogP contribution in [0.15, 0.2) is 59.2 Å². The van der Waals surface area contributed by atoms with Crippen molar-refractivity contribution in [3.05, 3.63) is 98.6 Å². The van der Waals surface area contributed by atoms with Gasteiger partial charge in [0.2, 0.25) is 0 Å². The molecule has 0 unspecified atom stereocenters. The van der Waals surface area contributed by atoms with Crippen LogP contribution >= 0.6 is 0 Å². The molecule has 7 nitrogen and oxygen atoms in total. The summed E-state index contributed by atoms with van der Waals surface area (Å²) in [5.41, 5.74) is 2.00. The average Bonchev–Trinajstić information content (AvgIpc) is 2.89. The second-order valence-electron chi connectivity index (χ2n) is 9.95. The number of rotatable bonds is 5. The highest BCUT2D eigenvalue weighted by molar-refractivity contribution is 5.63. The third-order valence-corrected chi connectivity index (χ3v) is 6.67. The fourth-order valence-corrected chi connectivity index (χ4v) is 4.74. The quantitative estimate of drug-likeness (QED) is 0.215. The molecule has 0 saturated heterocycles. The van der Waals surface area contributed by atoms with Crippen LogP contribution in [0, 0.1) is 12.7 Å². The highest BCUT2D eigenvalue weighted by Gasteiger charge is 2.39. The van der Waals surface area contributed by atoms with Gasteiger partial charge in [0.15, 0.2) is 5.70 Å². The van der Waals surface area contributed by atoms with E-state index in [0.717, 1.165) is 50.2 Å². The van der Waals surface area contributed by atoms with Gasteiger partial charge < -0.3 is 10.7 Å². The Labute approximate surface area is 237 Å². The van der Waals surface area contributed by atoms with E-state index in [9.17, 15) is 35.5 Å². The first kappa shape index (κ1) is 32.6. The summed E-state index contributed by atoms with van der Waals surface area (Å²) < 4.78 is 93.9. The molecule has 4 N–H and O–H groups in total. The second-order valence-corrected chi connectivity index (χ2v) is 9.95. The predicted octanol–water partition coefficient (Wildman–Crippen LogP) is 5.88. The van der Waals surface area contributed by atoms with Gasteiger partial charge in [-0.15, -0.1) is 0 Å². The summed E-state index contributed by atoms with van der Waals surface area (Å²) in [6.45, 7) is 1.16. The van der Waals surface area contributed by atoms with Crippen LogP contribution in [0.2, 0.25) is 0 Å². The third-order valence-electron chi connectivity index (χ3n) is 6.67. The minimum atomic E-state index is -4.94. The summed E-state index contributed by atoms with van der Waals surface area (Å²) in [6.07, 6.45) is -4.76. The number of halogens is 7. The van der Waals surface area contributed by atoms with Crippen molar-refractivity contribution in [3.8, 4) is 0 Å². The minimum absolute atomic E-state index is 0.151. The Morgan fingerprint density at radius 2 is 1.71 bits per heavy atom. The molecule has 0 bridgehead atoms. The van der Waals surface area contributed by atoms with E-state index in [1.807, 2.05) is 13.0 Å². The number of aryl methyl sites for hydroxylation is 1. The molecule has 42 heavy (non-hydrogen) atoms. The van der Waals surface area contributed by atoms with E-state index in [0.29, 0.717) is 17.5 Å². The van der Waals surface area contributed by atoms with Gasteiger partial charge in [-0.2, -0.15) is 31.4 Å². The molecule has 0 spiro atoms. The molecule has 3 aromatic rings. The molecule has 4 rings (SSSR count). The highest BCUT2D eigenvalue weighted by atomic mass is 19.4. The Balaban J connectivity index is 0.000000521. The first-order chi connectivity index (χ1) is 19.6. The number of nitrogens with zero attached hydrogens (tertiary/aromatic N) is 4. The van der Waals surface area contributed by atoms with Gasteiger partial charge in [-0.1, -0.05) is 31.4 Å². The van der Waals surface area contributed by atoms with E-state index in [2.05, 4.69) is 10.1 Å². The number of nitrogens with two attached hydrogens (primary N) is 2. The molecule has 0 radical (unpaired) electrons. The van der Waals surface area contributed by atoms with Gasteiger partial charge in [0.05, 0.1) is 23.5 Å². The second kappa shape index (κ2) is 13.4. The molecule has 14 heteroatoms. The maximum atomic E-state index is 13.6. The van der Waals surface area contributed by atoms with Crippen LogP contribution in [0.5, 0.6) is 0 Å². The van der Waals surface area contributed by atoms with Gasteiger partial charge in [-0.05, 0) is 61.6 Å². The van der Waals surface area contributed by atoms with Gasteiger partial charge >= 0.3 is 12.4 Å². The molecule has 1 aromatic carbocycles. The molecule has 1 aliphatic rings. The Kier molecular flexibility index (Phi) is 10.4. The zero-order chi connectivity index (χ0) is 31.2. The first-order valence-electron chi connectivity index (χ1n) is 13.0. The fraction of sp³-hybridized carbons (Fsp3) is 0.393. The lowest BCUT2D eigenvalue weighted by molar-refractivity contribution is -0.138. The highest BCUT2D eigenvalue weighted by Crippen LogP contribution is 2.34. The van der Waals surface area contributed by atoms with Gasteiger partial charge in [0.1, 0.15) is 11.5 Å². The number of hydrogen-bond donors (Lipinski definition) is 2. The summed E-state index contributed by atoms with van der Waals surface area (Å²) in [6, 6.07) is 9.59. The van der Waals surface area contributed by atoms with Crippen LogP contribution in [0.3, 0.4) is 0 Å². The lowest BCUT2D eigenvalue weighted by Gasteiger charge is -2.24. The van der Waals surface area contributed by atoms with Crippen molar-refractivity contribution in [1.29, 1.82) is 0 Å². The summed E-state index contributed by atoms with van der Waals surface area (Å²) in [7, 11) is 0.942. The van der Waals surface area contributed by atoms with E-state index >= 15 is 0 Å². The molecule has 2 heterocycles. The summed E-state index contributed by atoms with van der Waals surface area (Å²) in [5, 5.41) is 4.18. The van der Waals surface area contributed by atoms with Crippen LogP contribution in [-0.4, -0.2) is 33.0 Å². The zero-order valence-corrected chi connectivity index (χ0v) is 22.9. The third kappa shape index (κ3) is 8.30. The van der Waals surface area contributed by atoms with E-state index in [-0.39, 0.29) is 22.3 Å². The normalized spacial score (nSPS) is 15.0. The fourth-order valence-electron chi connectivity index (χ4n) is 4.74. The maximum absolute atomic E-state index is 13.6. The number of hydrogen-bond acceptors (Lipinski definition) is 6. The topological polar surface area (TPSA) is 103 Å². The minimum Gasteiger partial charge on any atom is -0.395 e. The largest absolute Gasteiger partial charge is 0.434 e. The lowest BCUT2D eigenvalue weighted by Crippen LogP contribution is -2.37. The number of allylic oxidation sites excluding steroid dienone is 1. The molecular formula is C28H31F7N6O. The number of pyridine rings is 1. The zero-order valence-electron chi connectivity index (χ0n) is 22.9. The van der Waals surface area contributed by atoms with Crippen molar-refractivity contribution in [3.63, 3.8) is 0 Å². The van der Waals surface area contributed by atoms with Crippen molar-refractivity contribution in [1.82, 2.24) is 19.8 Å². The van der Waals surface area contributed by atoms with E-state index in [1.165, 1.54) is 18.2 Å². The predicted molar refractivity (Wildman–Crippen MR) is 143 cm³/mol. The Hall–Kier alpha value is -3.94. The summed E-state index contributed by atoms with van der Waals surface area (Å²) in [4.78, 5) is 16.9. The van der Waals surface area contributed by atoms with Gasteiger partial charge in [0.25, 0.3) is 5.56 Å². The first-order valence-corrected chi connectivity index (χ1v) is 13.0. The van der Waals surface area contributed by atoms with Crippen molar-refractivity contribution < 1.29 is 30.7 Å². The number of aromatic nitrogens is 3. The molecular weight excluding hydrogens is 569 g/mol. The molecule has 1 aliphatic carbocycles. The van der Waals surface area contributed by atoms with Gasteiger partial charge in [-0.3, -0.25) is 9.78 Å². The maximum Gasteiger partial charge on any atom is 0.434 e. The number of benzene rings is 1. The van der Waals surface area contributed by atoms with Crippen LogP contribution in [0.25, 0.3) is 5.70 Å². The van der Waals surface area contributed by atoms with Crippen molar-refractivity contribution >= 4 is 5.70 Å². The van der Waals surface area contributed by atoms with Crippen molar-refractivity contribution in [2.24, 2.45) is 11.6 Å². The standard InChI is InChI=1S/C21H24F6N6O.C7H7F/c1-32(29)18(21(25,26)27)17(28)15-10-13(12-6-3-2-4-7-12)19(34)33(31-15)11-16-14(20(22,23)24)8-5-9-30-16;1-6-3-2-4-7(8)5-6/h5,8-10,12H,2-4,6-7,11,28-29H2,1H3;2-5H,1H3/b18-17-;. The molecule has 0 amide bonds. The smallest absolute Gasteiger partial charge is 0.395 e. The van der Waals surface area contributed by atoms with Gasteiger partial charge in [0, 0.05) is 18.8 Å². The molecule has 1 saturated carbocycles. The van der Waals surface area contributed by atoms with Gasteiger partial charge in [-0.25, -0.2) is 14.9 Å². The average molecular weight is 601 g/mol. The number of alkyl halides is 6. The van der Waals surface area contributed by atoms with Crippen LogP contribution in [0.4, 0.5) is 30.7 Å². The van der Waals surface area contributed by atoms with E-state index in [4.69, 9.17) is 11.6 Å². The number of hydrazine groups is 1. The monoisotopic (exact) mass is 600 g/mol. The molecule has 228 valence electrons. The molecule has 1 fully saturated rings. The molecule has 0 aliphatic heterocycles. The van der Waals surface area contributed by atoms with Crippen LogP contribution in [-0.2, 0) is 12.7 Å². The molecule has 2 aromatic heterocycles. The Morgan fingerprint density at radius 3 is 2.24 bits per heavy atom. The van der Waals surface area contributed by atoms with Crippen molar-refractivity contribution in [2.75, 3.05) is 7.05 Å². The van der Waals surface area contributed by atoms with E-state index in [1.54, 1.807) is 6.07 Å².